The average molecular weight is 373 g/mol. The molecule has 3 aliphatic rings. The van der Waals surface area contributed by atoms with Gasteiger partial charge >= 0.3 is 5.97 Å². The van der Waals surface area contributed by atoms with Gasteiger partial charge in [-0.2, -0.15) is 0 Å². The molecule has 3 aliphatic heterocycles. The van der Waals surface area contributed by atoms with Crippen LogP contribution < -0.4 is 15.6 Å². The van der Waals surface area contributed by atoms with Gasteiger partial charge in [-0.1, -0.05) is 0 Å². The predicted octanol–water partition coefficient (Wildman–Crippen LogP) is 2.53. The second kappa shape index (κ2) is 6.05. The van der Waals surface area contributed by atoms with Gasteiger partial charge in [-0.15, -0.1) is 0 Å². The van der Waals surface area contributed by atoms with Gasteiger partial charge in [0, 0.05) is 42.3 Å². The van der Waals surface area contributed by atoms with Gasteiger partial charge in [-0.3, -0.25) is 4.79 Å². The molecule has 0 radical (unpaired) electrons. The standard InChI is InChI=1S/C20H24FN3O3/c1-20(2,3)24-10-14(19(26)27)18(25)13-6-15(21)17(7-16(13)24)23-9-11-4-5-12(23)8-22-11/h6-7,10-12,22H,4-5,8-9H2,1-3H3,(H,26,27). The first-order valence-corrected chi connectivity index (χ1v) is 9.29. The smallest absolute Gasteiger partial charge is 0.341 e. The summed E-state index contributed by atoms with van der Waals surface area (Å²) < 4.78 is 16.8. The number of aromatic nitrogens is 1. The molecule has 6 nitrogen and oxygen atoms in total. The fourth-order valence-electron chi connectivity index (χ4n) is 4.27. The molecule has 144 valence electrons. The minimum absolute atomic E-state index is 0.103. The number of piperidine rings is 2. The minimum Gasteiger partial charge on any atom is -0.477 e. The number of hydrogen-bond acceptors (Lipinski definition) is 4. The molecule has 0 spiro atoms. The molecule has 4 heterocycles. The number of aromatic carboxylic acids is 1. The third-order valence-electron chi connectivity index (χ3n) is 5.68. The van der Waals surface area contributed by atoms with Crippen molar-refractivity contribution < 1.29 is 14.3 Å². The van der Waals surface area contributed by atoms with E-state index in [1.807, 2.05) is 20.8 Å². The van der Waals surface area contributed by atoms with Crippen molar-refractivity contribution in [2.24, 2.45) is 0 Å². The molecule has 2 N–H and O–H groups in total. The number of fused-ring (bicyclic) bond motifs is 4. The Labute approximate surface area is 156 Å². The Morgan fingerprint density at radius 1 is 1.30 bits per heavy atom. The number of benzene rings is 1. The van der Waals surface area contributed by atoms with Crippen molar-refractivity contribution in [1.29, 1.82) is 0 Å². The molecule has 0 amide bonds. The normalized spacial score (nSPS) is 22.4. The van der Waals surface area contributed by atoms with E-state index in [0.717, 1.165) is 25.9 Å². The van der Waals surface area contributed by atoms with Crippen LogP contribution in [0.5, 0.6) is 0 Å². The van der Waals surface area contributed by atoms with Crippen molar-refractivity contribution in [3.05, 3.63) is 39.9 Å². The summed E-state index contributed by atoms with van der Waals surface area (Å²) in [7, 11) is 0. The second-order valence-electron chi connectivity index (χ2n) is 8.53. The SMILES string of the molecule is CC(C)(C)n1cc(C(=O)O)c(=O)c2cc(F)c(N3CC4CCC3CN4)cc21. The van der Waals surface area contributed by atoms with Gasteiger partial charge in [-0.05, 0) is 45.7 Å². The highest BCUT2D eigenvalue weighted by molar-refractivity contribution is 5.93. The van der Waals surface area contributed by atoms with Crippen LogP contribution in [0.25, 0.3) is 10.9 Å². The van der Waals surface area contributed by atoms with Crippen molar-refractivity contribution in [3.63, 3.8) is 0 Å². The number of nitrogens with one attached hydrogen (secondary N) is 1. The fraction of sp³-hybridized carbons (Fsp3) is 0.500. The molecule has 2 atom stereocenters. The molecule has 1 aromatic carbocycles. The van der Waals surface area contributed by atoms with E-state index >= 15 is 4.39 Å². The Bertz CT molecular complexity index is 985. The van der Waals surface area contributed by atoms with Crippen molar-refractivity contribution in [2.75, 3.05) is 18.0 Å². The highest BCUT2D eigenvalue weighted by Crippen LogP contribution is 2.33. The number of carboxylic acid groups (broad SMARTS) is 1. The second-order valence-corrected chi connectivity index (χ2v) is 8.53. The highest BCUT2D eigenvalue weighted by Gasteiger charge is 2.35. The van der Waals surface area contributed by atoms with E-state index in [4.69, 9.17) is 0 Å². The third-order valence-corrected chi connectivity index (χ3v) is 5.68. The number of carbonyl (C=O) groups is 1. The Morgan fingerprint density at radius 3 is 2.56 bits per heavy atom. The van der Waals surface area contributed by atoms with Gasteiger partial charge in [0.2, 0.25) is 5.43 Å². The molecule has 0 aliphatic carbocycles. The topological polar surface area (TPSA) is 74.6 Å². The first kappa shape index (κ1) is 18.0. The third kappa shape index (κ3) is 2.90. The summed E-state index contributed by atoms with van der Waals surface area (Å²) in [6.07, 6.45) is 3.48. The number of hydrogen-bond donors (Lipinski definition) is 2. The van der Waals surface area contributed by atoms with Crippen LogP contribution in [-0.2, 0) is 5.54 Å². The number of rotatable bonds is 2. The average Bonchev–Trinajstić information content (AvgIpc) is 2.61. The molecule has 3 saturated heterocycles. The quantitative estimate of drug-likeness (QED) is 0.846. The van der Waals surface area contributed by atoms with E-state index in [0.29, 0.717) is 17.2 Å². The molecule has 2 aromatic rings. The largest absolute Gasteiger partial charge is 0.477 e. The summed E-state index contributed by atoms with van der Waals surface area (Å²) in [5.74, 6) is -1.78. The molecular weight excluding hydrogens is 349 g/mol. The van der Waals surface area contributed by atoms with Gasteiger partial charge in [0.25, 0.3) is 0 Å². The maximum atomic E-state index is 15.0. The molecule has 2 bridgehead atoms. The Balaban J connectivity index is 1.97. The molecule has 2 unspecified atom stereocenters. The van der Waals surface area contributed by atoms with Crippen LogP contribution in [0.2, 0.25) is 0 Å². The van der Waals surface area contributed by atoms with E-state index in [-0.39, 0.29) is 17.0 Å². The zero-order valence-corrected chi connectivity index (χ0v) is 15.8. The van der Waals surface area contributed by atoms with Crippen molar-refractivity contribution in [1.82, 2.24) is 9.88 Å². The minimum atomic E-state index is -1.30. The number of pyridine rings is 1. The number of carboxylic acids is 1. The summed E-state index contributed by atoms with van der Waals surface area (Å²) in [6, 6.07) is 3.50. The molecule has 1 aromatic heterocycles. The van der Waals surface area contributed by atoms with E-state index in [1.165, 1.54) is 12.3 Å². The first-order chi connectivity index (χ1) is 12.7. The van der Waals surface area contributed by atoms with Crippen molar-refractivity contribution in [2.45, 2.75) is 51.2 Å². The zero-order chi connectivity index (χ0) is 19.5. The van der Waals surface area contributed by atoms with Crippen LogP contribution in [0, 0.1) is 5.82 Å². The van der Waals surface area contributed by atoms with E-state index in [2.05, 4.69) is 10.2 Å². The van der Waals surface area contributed by atoms with E-state index < -0.39 is 22.8 Å². The number of halogens is 1. The van der Waals surface area contributed by atoms with Crippen molar-refractivity contribution >= 4 is 22.6 Å². The number of nitrogens with zero attached hydrogens (tertiary/aromatic N) is 2. The van der Waals surface area contributed by atoms with Crippen LogP contribution >= 0.6 is 0 Å². The monoisotopic (exact) mass is 373 g/mol. The molecule has 5 rings (SSSR count). The van der Waals surface area contributed by atoms with Gasteiger partial charge in [0.15, 0.2) is 0 Å². The van der Waals surface area contributed by atoms with Crippen LogP contribution in [0.1, 0.15) is 44.0 Å². The van der Waals surface area contributed by atoms with Crippen LogP contribution in [0.4, 0.5) is 10.1 Å². The van der Waals surface area contributed by atoms with Crippen LogP contribution in [0.3, 0.4) is 0 Å². The summed E-state index contributed by atoms with van der Waals surface area (Å²) in [6.45, 7) is 7.35. The molecule has 27 heavy (non-hydrogen) atoms. The lowest BCUT2D eigenvalue weighted by Crippen LogP contribution is -2.61. The van der Waals surface area contributed by atoms with Crippen LogP contribution in [-0.4, -0.2) is 40.8 Å². The van der Waals surface area contributed by atoms with Gasteiger partial charge in [0.05, 0.1) is 11.2 Å². The van der Waals surface area contributed by atoms with Gasteiger partial charge in [-0.25, -0.2) is 9.18 Å². The lowest BCUT2D eigenvalue weighted by atomic mass is 9.92. The van der Waals surface area contributed by atoms with E-state index in [9.17, 15) is 14.7 Å². The summed E-state index contributed by atoms with van der Waals surface area (Å²) >= 11 is 0. The predicted molar refractivity (Wildman–Crippen MR) is 102 cm³/mol. The summed E-state index contributed by atoms with van der Waals surface area (Å²) in [5, 5.41) is 13.0. The Morgan fingerprint density at radius 2 is 2.04 bits per heavy atom. The molecule has 0 saturated carbocycles. The summed E-state index contributed by atoms with van der Waals surface area (Å²) in [4.78, 5) is 26.2. The zero-order valence-electron chi connectivity index (χ0n) is 15.8. The number of piperazine rings is 1. The Hall–Kier alpha value is -2.41. The Kier molecular flexibility index (Phi) is 4.03. The van der Waals surface area contributed by atoms with Crippen LogP contribution in [0.15, 0.2) is 23.1 Å². The maximum absolute atomic E-state index is 15.0. The summed E-state index contributed by atoms with van der Waals surface area (Å²) in [5.41, 5.74) is -0.410. The van der Waals surface area contributed by atoms with Gasteiger partial charge < -0.3 is 19.9 Å². The highest BCUT2D eigenvalue weighted by atomic mass is 19.1. The molecule has 3 fully saturated rings. The lowest BCUT2D eigenvalue weighted by molar-refractivity contribution is 0.0694. The first-order valence-electron chi connectivity index (χ1n) is 9.29. The van der Waals surface area contributed by atoms with E-state index in [1.54, 1.807) is 10.6 Å². The molecular formula is C20H24FN3O3. The fourth-order valence-corrected chi connectivity index (χ4v) is 4.27. The van der Waals surface area contributed by atoms with Crippen molar-refractivity contribution in [3.8, 4) is 0 Å². The van der Waals surface area contributed by atoms with Gasteiger partial charge in [0.1, 0.15) is 11.4 Å². The maximum Gasteiger partial charge on any atom is 0.341 e. The number of anilines is 1. The molecule has 7 heteroatoms. The lowest BCUT2D eigenvalue weighted by Gasteiger charge is -2.47.